The molecule has 29 heavy (non-hydrogen) atoms. The average molecular weight is 415 g/mol. The molecule has 0 radical (unpaired) electrons. The Morgan fingerprint density at radius 2 is 1.97 bits per heavy atom. The van der Waals surface area contributed by atoms with Gasteiger partial charge in [0, 0.05) is 43.0 Å². The van der Waals surface area contributed by atoms with Gasteiger partial charge in [-0.25, -0.2) is 4.98 Å². The summed E-state index contributed by atoms with van der Waals surface area (Å²) in [4.78, 5) is 19.5. The molecule has 1 heterocycles. The van der Waals surface area contributed by atoms with Gasteiger partial charge in [-0.3, -0.25) is 4.79 Å². The molecular weight excluding hydrogens is 380 g/mol. The lowest BCUT2D eigenvalue weighted by Gasteiger charge is -2.28. The molecule has 0 spiro atoms. The zero-order valence-corrected chi connectivity index (χ0v) is 18.8. The number of nitrogens with one attached hydrogen (secondary N) is 1. The number of nitrogens with zero attached hydrogens (tertiary/aromatic N) is 3. The van der Waals surface area contributed by atoms with E-state index in [1.165, 1.54) is 41.9 Å². The van der Waals surface area contributed by atoms with Crippen LogP contribution in [-0.2, 0) is 11.2 Å². The number of anilines is 1. The Hall–Kier alpha value is -1.95. The van der Waals surface area contributed by atoms with Crippen LogP contribution in [0.2, 0.25) is 0 Å². The normalized spacial score (nSPS) is 15.8. The van der Waals surface area contributed by atoms with Crippen LogP contribution in [0.25, 0.3) is 0 Å². The van der Waals surface area contributed by atoms with Gasteiger partial charge in [0.25, 0.3) is 0 Å². The SMILES string of the molecule is CC[C@@H](C)N(CCC(=O)NC1CCCCC1)c1nc(Cc2ccc(C)cc2)ns1. The topological polar surface area (TPSA) is 58.1 Å². The third-order valence-electron chi connectivity index (χ3n) is 5.86. The second-order valence-electron chi connectivity index (χ2n) is 8.26. The zero-order chi connectivity index (χ0) is 20.6. The van der Waals surface area contributed by atoms with Crippen molar-refractivity contribution in [1.29, 1.82) is 0 Å². The largest absolute Gasteiger partial charge is 0.353 e. The van der Waals surface area contributed by atoms with Crippen LogP contribution in [0.15, 0.2) is 24.3 Å². The number of hydrogen-bond donors (Lipinski definition) is 1. The maximum Gasteiger partial charge on any atom is 0.221 e. The van der Waals surface area contributed by atoms with E-state index in [2.05, 4.69) is 59.6 Å². The molecule has 1 aromatic carbocycles. The fourth-order valence-electron chi connectivity index (χ4n) is 3.82. The van der Waals surface area contributed by atoms with Gasteiger partial charge in [-0.2, -0.15) is 4.37 Å². The second-order valence-corrected chi connectivity index (χ2v) is 8.99. The molecule has 0 bridgehead atoms. The van der Waals surface area contributed by atoms with Gasteiger partial charge in [0.05, 0.1) is 0 Å². The van der Waals surface area contributed by atoms with E-state index < -0.39 is 0 Å². The van der Waals surface area contributed by atoms with Crippen LogP contribution in [0.4, 0.5) is 5.13 Å². The number of carbonyl (C=O) groups is 1. The number of aromatic nitrogens is 2. The lowest BCUT2D eigenvalue weighted by Crippen LogP contribution is -2.40. The molecule has 1 saturated carbocycles. The fourth-order valence-corrected chi connectivity index (χ4v) is 4.63. The van der Waals surface area contributed by atoms with Crippen molar-refractivity contribution in [2.75, 3.05) is 11.4 Å². The van der Waals surface area contributed by atoms with Crippen LogP contribution in [-0.4, -0.2) is 33.9 Å². The van der Waals surface area contributed by atoms with Crippen molar-refractivity contribution in [1.82, 2.24) is 14.7 Å². The third-order valence-corrected chi connectivity index (χ3v) is 6.65. The Morgan fingerprint density at radius 3 is 2.66 bits per heavy atom. The minimum atomic E-state index is 0.162. The predicted octanol–water partition coefficient (Wildman–Crippen LogP) is 4.88. The van der Waals surface area contributed by atoms with E-state index in [-0.39, 0.29) is 5.91 Å². The maximum absolute atomic E-state index is 12.5. The third kappa shape index (κ3) is 6.53. The summed E-state index contributed by atoms with van der Waals surface area (Å²) in [5, 5.41) is 4.15. The molecule has 1 fully saturated rings. The molecule has 3 rings (SSSR count). The molecule has 6 heteroatoms. The Balaban J connectivity index is 1.58. The van der Waals surface area contributed by atoms with Crippen molar-refractivity contribution in [3.8, 4) is 0 Å². The first-order valence-corrected chi connectivity index (χ1v) is 11.8. The summed E-state index contributed by atoms with van der Waals surface area (Å²) in [6, 6.07) is 9.22. The summed E-state index contributed by atoms with van der Waals surface area (Å²) >= 11 is 1.44. The first-order valence-electron chi connectivity index (χ1n) is 11.0. The Kier molecular flexibility index (Phi) is 8.04. The van der Waals surface area contributed by atoms with E-state index in [1.54, 1.807) is 0 Å². The smallest absolute Gasteiger partial charge is 0.221 e. The Bertz CT molecular complexity index is 767. The molecule has 1 atom stereocenters. The maximum atomic E-state index is 12.5. The molecule has 0 saturated heterocycles. The van der Waals surface area contributed by atoms with Crippen molar-refractivity contribution < 1.29 is 4.79 Å². The number of benzene rings is 1. The predicted molar refractivity (Wildman–Crippen MR) is 121 cm³/mol. The van der Waals surface area contributed by atoms with E-state index >= 15 is 0 Å². The van der Waals surface area contributed by atoms with Gasteiger partial charge in [-0.05, 0) is 38.7 Å². The molecule has 1 N–H and O–H groups in total. The minimum absolute atomic E-state index is 0.162. The molecule has 1 aromatic heterocycles. The minimum Gasteiger partial charge on any atom is -0.353 e. The van der Waals surface area contributed by atoms with Crippen LogP contribution in [0.3, 0.4) is 0 Å². The highest BCUT2D eigenvalue weighted by Gasteiger charge is 2.20. The van der Waals surface area contributed by atoms with Crippen LogP contribution in [0, 0.1) is 6.92 Å². The lowest BCUT2D eigenvalue weighted by atomic mass is 9.95. The van der Waals surface area contributed by atoms with Crippen LogP contribution < -0.4 is 10.2 Å². The van der Waals surface area contributed by atoms with Crippen molar-refractivity contribution in [2.24, 2.45) is 0 Å². The lowest BCUT2D eigenvalue weighted by molar-refractivity contribution is -0.121. The van der Waals surface area contributed by atoms with Crippen molar-refractivity contribution >= 4 is 22.6 Å². The average Bonchev–Trinajstić information content (AvgIpc) is 3.18. The molecule has 158 valence electrons. The van der Waals surface area contributed by atoms with Crippen LogP contribution in [0.1, 0.15) is 75.7 Å². The van der Waals surface area contributed by atoms with E-state index in [0.717, 1.165) is 36.6 Å². The summed E-state index contributed by atoms with van der Waals surface area (Å²) in [5.41, 5.74) is 2.48. The van der Waals surface area contributed by atoms with Gasteiger partial charge in [-0.15, -0.1) is 0 Å². The van der Waals surface area contributed by atoms with Gasteiger partial charge in [0.2, 0.25) is 11.0 Å². The molecule has 5 nitrogen and oxygen atoms in total. The first-order chi connectivity index (χ1) is 14.0. The standard InChI is InChI=1S/C23H34N4OS/c1-4-18(3)27(15-14-22(28)24-20-8-6-5-7-9-20)23-25-21(26-29-23)16-19-12-10-17(2)11-13-19/h10-13,18,20H,4-9,14-16H2,1-3H3,(H,24,28)/t18-/m1/s1. The number of rotatable bonds is 9. The number of aryl methyl sites for hydroxylation is 1. The molecule has 1 amide bonds. The van der Waals surface area contributed by atoms with Crippen molar-refractivity contribution in [3.63, 3.8) is 0 Å². The highest BCUT2D eigenvalue weighted by Crippen LogP contribution is 2.23. The van der Waals surface area contributed by atoms with Crippen molar-refractivity contribution in [2.45, 2.75) is 84.2 Å². The quantitative estimate of drug-likeness (QED) is 0.635. The molecule has 2 aromatic rings. The summed E-state index contributed by atoms with van der Waals surface area (Å²) < 4.78 is 4.58. The number of carbonyl (C=O) groups excluding carboxylic acids is 1. The number of amides is 1. The Labute approximate surface area is 179 Å². The fraction of sp³-hybridized carbons (Fsp3) is 0.609. The van der Waals surface area contributed by atoms with Crippen LogP contribution in [0.5, 0.6) is 0 Å². The van der Waals surface area contributed by atoms with Gasteiger partial charge >= 0.3 is 0 Å². The molecule has 1 aliphatic carbocycles. The van der Waals surface area contributed by atoms with Gasteiger partial charge in [0.15, 0.2) is 0 Å². The van der Waals surface area contributed by atoms with Crippen molar-refractivity contribution in [3.05, 3.63) is 41.2 Å². The van der Waals surface area contributed by atoms with Gasteiger partial charge in [0.1, 0.15) is 5.82 Å². The number of hydrogen-bond acceptors (Lipinski definition) is 5. The van der Waals surface area contributed by atoms with Gasteiger partial charge < -0.3 is 10.2 Å². The monoisotopic (exact) mass is 414 g/mol. The molecule has 0 aliphatic heterocycles. The summed E-state index contributed by atoms with van der Waals surface area (Å²) in [6.07, 6.45) is 8.28. The van der Waals surface area contributed by atoms with E-state index in [4.69, 9.17) is 4.98 Å². The summed E-state index contributed by atoms with van der Waals surface area (Å²) in [5.74, 6) is 1.02. The summed E-state index contributed by atoms with van der Waals surface area (Å²) in [6.45, 7) is 7.15. The van der Waals surface area contributed by atoms with Gasteiger partial charge in [-0.1, -0.05) is 56.0 Å². The van der Waals surface area contributed by atoms with E-state index in [0.29, 0.717) is 25.0 Å². The Morgan fingerprint density at radius 1 is 1.24 bits per heavy atom. The molecular formula is C23H34N4OS. The zero-order valence-electron chi connectivity index (χ0n) is 18.0. The molecule has 1 aliphatic rings. The highest BCUT2D eigenvalue weighted by molar-refractivity contribution is 7.09. The van der Waals surface area contributed by atoms with E-state index in [9.17, 15) is 4.79 Å². The van der Waals surface area contributed by atoms with E-state index in [1.807, 2.05) is 0 Å². The highest BCUT2D eigenvalue weighted by atomic mass is 32.1. The molecule has 0 unspecified atom stereocenters. The van der Waals surface area contributed by atoms with Crippen LogP contribution >= 0.6 is 11.5 Å². The summed E-state index contributed by atoms with van der Waals surface area (Å²) in [7, 11) is 0. The first kappa shape index (κ1) is 21.8. The second kappa shape index (κ2) is 10.7.